The van der Waals surface area contributed by atoms with E-state index in [-0.39, 0.29) is 18.6 Å². The molecule has 0 saturated heterocycles. The molecule has 0 unspecified atom stereocenters. The zero-order valence-electron chi connectivity index (χ0n) is 11.0. The van der Waals surface area contributed by atoms with E-state index in [9.17, 15) is 9.59 Å². The molecule has 0 aromatic carbocycles. The highest BCUT2D eigenvalue weighted by atomic mass is 79.9. The highest BCUT2D eigenvalue weighted by Gasteiger charge is 2.28. The van der Waals surface area contributed by atoms with Gasteiger partial charge in [0.2, 0.25) is 0 Å². The van der Waals surface area contributed by atoms with Gasteiger partial charge in [-0.15, -0.1) is 11.3 Å². The van der Waals surface area contributed by atoms with Crippen molar-refractivity contribution in [1.29, 1.82) is 0 Å². The van der Waals surface area contributed by atoms with Gasteiger partial charge in [-0.2, -0.15) is 0 Å². The first kappa shape index (κ1) is 15.3. The van der Waals surface area contributed by atoms with Crippen LogP contribution in [0.5, 0.6) is 0 Å². The van der Waals surface area contributed by atoms with E-state index in [0.717, 1.165) is 35.0 Å². The molecular weight excluding hydrogens is 344 g/mol. The minimum Gasteiger partial charge on any atom is -0.480 e. The first-order chi connectivity index (χ1) is 9.56. The van der Waals surface area contributed by atoms with Gasteiger partial charge in [0.25, 0.3) is 0 Å². The molecule has 0 radical (unpaired) electrons. The van der Waals surface area contributed by atoms with Crippen LogP contribution in [0, 0.1) is 0 Å². The van der Waals surface area contributed by atoms with Crippen molar-refractivity contribution in [2.24, 2.45) is 0 Å². The summed E-state index contributed by atoms with van der Waals surface area (Å²) in [7, 11) is 0. The number of carbonyl (C=O) groups is 2. The maximum atomic E-state index is 12.2. The second kappa shape index (κ2) is 7.08. The number of halogens is 1. The van der Waals surface area contributed by atoms with Crippen LogP contribution in [0.3, 0.4) is 0 Å². The standard InChI is InChI=1S/C13H17BrN2O3S/c14-9-5-11(20-8-9)6-15-13(19)16(7-12(17)18)10-3-1-2-4-10/h5,8,10H,1-4,6-7H2,(H,15,19)(H,17,18). The van der Waals surface area contributed by atoms with E-state index in [1.54, 1.807) is 11.3 Å². The van der Waals surface area contributed by atoms with E-state index >= 15 is 0 Å². The van der Waals surface area contributed by atoms with Gasteiger partial charge in [-0.25, -0.2) is 4.79 Å². The minimum absolute atomic E-state index is 0.0566. The molecule has 1 heterocycles. The largest absolute Gasteiger partial charge is 0.480 e. The molecule has 0 spiro atoms. The van der Waals surface area contributed by atoms with Crippen molar-refractivity contribution in [3.8, 4) is 0 Å². The lowest BCUT2D eigenvalue weighted by molar-refractivity contribution is -0.138. The molecular formula is C13H17BrN2O3S. The number of hydrogen-bond acceptors (Lipinski definition) is 3. The predicted molar refractivity (Wildman–Crippen MR) is 80.9 cm³/mol. The third-order valence-electron chi connectivity index (χ3n) is 3.37. The summed E-state index contributed by atoms with van der Waals surface area (Å²) in [6.45, 7) is 0.197. The first-order valence-corrected chi connectivity index (χ1v) is 8.22. The Labute approximate surface area is 130 Å². The Morgan fingerprint density at radius 3 is 2.70 bits per heavy atom. The van der Waals surface area contributed by atoms with Gasteiger partial charge in [0, 0.05) is 20.8 Å². The Morgan fingerprint density at radius 1 is 1.45 bits per heavy atom. The van der Waals surface area contributed by atoms with E-state index in [1.165, 1.54) is 4.90 Å². The Balaban J connectivity index is 1.93. The molecule has 1 aliphatic carbocycles. The van der Waals surface area contributed by atoms with Crippen LogP contribution in [0.1, 0.15) is 30.6 Å². The number of amides is 2. The monoisotopic (exact) mass is 360 g/mol. The highest BCUT2D eigenvalue weighted by Crippen LogP contribution is 2.24. The Kier molecular flexibility index (Phi) is 5.42. The van der Waals surface area contributed by atoms with Crippen molar-refractivity contribution < 1.29 is 14.7 Å². The molecule has 2 rings (SSSR count). The van der Waals surface area contributed by atoms with Crippen molar-refractivity contribution in [3.05, 3.63) is 20.8 Å². The summed E-state index contributed by atoms with van der Waals surface area (Å²) in [5.41, 5.74) is 0. The average Bonchev–Trinajstić information content (AvgIpc) is 3.04. The number of urea groups is 1. The summed E-state index contributed by atoms with van der Waals surface area (Å²) in [6.07, 6.45) is 3.91. The van der Waals surface area contributed by atoms with Gasteiger partial charge in [-0.05, 0) is 34.8 Å². The number of carbonyl (C=O) groups excluding carboxylic acids is 1. The van der Waals surface area contributed by atoms with Gasteiger partial charge in [0.15, 0.2) is 0 Å². The van der Waals surface area contributed by atoms with Crippen molar-refractivity contribution >= 4 is 39.3 Å². The van der Waals surface area contributed by atoms with Crippen LogP contribution in [0.15, 0.2) is 15.9 Å². The molecule has 1 saturated carbocycles. The molecule has 1 aromatic heterocycles. The van der Waals surface area contributed by atoms with Crippen LogP contribution in [-0.2, 0) is 11.3 Å². The smallest absolute Gasteiger partial charge is 0.323 e. The maximum absolute atomic E-state index is 12.2. The lowest BCUT2D eigenvalue weighted by Crippen LogP contribution is -2.47. The van der Waals surface area contributed by atoms with Crippen LogP contribution < -0.4 is 5.32 Å². The quantitative estimate of drug-likeness (QED) is 0.847. The van der Waals surface area contributed by atoms with E-state index in [0.29, 0.717) is 6.54 Å². The van der Waals surface area contributed by atoms with Crippen LogP contribution in [0.4, 0.5) is 4.79 Å². The molecule has 20 heavy (non-hydrogen) atoms. The molecule has 7 heteroatoms. The number of carboxylic acid groups (broad SMARTS) is 1. The van der Waals surface area contributed by atoms with Gasteiger partial charge in [0.05, 0.1) is 6.54 Å². The van der Waals surface area contributed by atoms with E-state index in [1.807, 2.05) is 11.4 Å². The summed E-state index contributed by atoms with van der Waals surface area (Å²) >= 11 is 4.92. The van der Waals surface area contributed by atoms with Crippen molar-refractivity contribution in [2.75, 3.05) is 6.54 Å². The van der Waals surface area contributed by atoms with Crippen LogP contribution in [-0.4, -0.2) is 34.6 Å². The summed E-state index contributed by atoms with van der Waals surface area (Å²) in [4.78, 5) is 25.6. The number of thiophene rings is 1. The second-order valence-electron chi connectivity index (χ2n) is 4.85. The molecule has 1 aromatic rings. The Bertz CT molecular complexity index is 486. The Hall–Kier alpha value is -1.08. The van der Waals surface area contributed by atoms with Crippen LogP contribution >= 0.6 is 27.3 Å². The number of carboxylic acids is 1. The molecule has 0 atom stereocenters. The fraction of sp³-hybridized carbons (Fsp3) is 0.538. The number of rotatable bonds is 5. The van der Waals surface area contributed by atoms with E-state index in [4.69, 9.17) is 5.11 Å². The minimum atomic E-state index is -0.967. The summed E-state index contributed by atoms with van der Waals surface area (Å²) in [5, 5.41) is 13.7. The summed E-state index contributed by atoms with van der Waals surface area (Å²) in [6, 6.07) is 1.71. The molecule has 2 N–H and O–H groups in total. The molecule has 0 aliphatic heterocycles. The number of nitrogens with one attached hydrogen (secondary N) is 1. The maximum Gasteiger partial charge on any atom is 0.323 e. The topological polar surface area (TPSA) is 69.6 Å². The Morgan fingerprint density at radius 2 is 2.15 bits per heavy atom. The van der Waals surface area contributed by atoms with Crippen molar-refractivity contribution in [3.63, 3.8) is 0 Å². The van der Waals surface area contributed by atoms with Crippen molar-refractivity contribution in [2.45, 2.75) is 38.3 Å². The molecule has 5 nitrogen and oxygen atoms in total. The van der Waals surface area contributed by atoms with Gasteiger partial charge >= 0.3 is 12.0 Å². The summed E-state index contributed by atoms with van der Waals surface area (Å²) in [5.74, 6) is -0.967. The fourth-order valence-electron chi connectivity index (χ4n) is 2.44. The zero-order chi connectivity index (χ0) is 14.5. The van der Waals surface area contributed by atoms with Gasteiger partial charge < -0.3 is 15.3 Å². The van der Waals surface area contributed by atoms with Gasteiger partial charge in [-0.1, -0.05) is 12.8 Å². The zero-order valence-corrected chi connectivity index (χ0v) is 13.4. The lowest BCUT2D eigenvalue weighted by Gasteiger charge is -2.27. The van der Waals surface area contributed by atoms with Gasteiger partial charge in [0.1, 0.15) is 6.54 Å². The van der Waals surface area contributed by atoms with Crippen molar-refractivity contribution in [1.82, 2.24) is 10.2 Å². The van der Waals surface area contributed by atoms with Gasteiger partial charge in [-0.3, -0.25) is 4.79 Å². The second-order valence-corrected chi connectivity index (χ2v) is 6.76. The fourth-order valence-corrected chi connectivity index (χ4v) is 3.83. The third kappa shape index (κ3) is 4.21. The SMILES string of the molecule is O=C(O)CN(C(=O)NCc1cc(Br)cs1)C1CCCC1. The van der Waals surface area contributed by atoms with E-state index in [2.05, 4.69) is 21.2 Å². The number of hydrogen-bond donors (Lipinski definition) is 2. The predicted octanol–water partition coefficient (Wildman–Crippen LogP) is 3.05. The molecule has 1 fully saturated rings. The van der Waals surface area contributed by atoms with Crippen LogP contribution in [0.2, 0.25) is 0 Å². The lowest BCUT2D eigenvalue weighted by atomic mass is 10.2. The molecule has 2 amide bonds. The highest BCUT2D eigenvalue weighted by molar-refractivity contribution is 9.10. The van der Waals surface area contributed by atoms with Crippen LogP contribution in [0.25, 0.3) is 0 Å². The number of aliphatic carboxylic acids is 1. The number of nitrogens with zero attached hydrogens (tertiary/aromatic N) is 1. The summed E-state index contributed by atoms with van der Waals surface area (Å²) < 4.78 is 0.991. The average molecular weight is 361 g/mol. The first-order valence-electron chi connectivity index (χ1n) is 6.55. The molecule has 110 valence electrons. The molecule has 1 aliphatic rings. The normalized spacial score (nSPS) is 15.2. The molecule has 0 bridgehead atoms. The third-order valence-corrected chi connectivity index (χ3v) is 5.07. The van der Waals surface area contributed by atoms with E-state index < -0.39 is 5.97 Å².